The van der Waals surface area contributed by atoms with E-state index in [1.54, 1.807) is 16.4 Å². The molecule has 0 unspecified atom stereocenters. The maximum Gasteiger partial charge on any atom is 0.243 e. The first-order chi connectivity index (χ1) is 13.9. The lowest BCUT2D eigenvalue weighted by molar-refractivity contribution is -0.118. The van der Waals surface area contributed by atoms with Crippen molar-refractivity contribution in [3.8, 4) is 0 Å². The topological polar surface area (TPSA) is 57.7 Å². The number of nitrogens with zero attached hydrogens (tertiary/aromatic N) is 2. The van der Waals surface area contributed by atoms with Crippen LogP contribution in [0.15, 0.2) is 51.8 Å². The van der Waals surface area contributed by atoms with Crippen LogP contribution in [-0.2, 0) is 27.7 Å². The third kappa shape index (κ3) is 4.13. The second-order valence-corrected chi connectivity index (χ2v) is 10.7. The summed E-state index contributed by atoms with van der Waals surface area (Å²) in [6, 6.07) is 13.2. The molecule has 0 N–H and O–H groups in total. The highest BCUT2D eigenvalue weighted by Crippen LogP contribution is 2.34. The number of carbonyl (C=O) groups is 1. The van der Waals surface area contributed by atoms with Crippen LogP contribution in [-0.4, -0.2) is 37.8 Å². The summed E-state index contributed by atoms with van der Waals surface area (Å²) in [4.78, 5) is 15.1. The van der Waals surface area contributed by atoms with Gasteiger partial charge in [-0.1, -0.05) is 28.1 Å². The van der Waals surface area contributed by atoms with E-state index in [2.05, 4.69) is 28.9 Å². The van der Waals surface area contributed by atoms with Gasteiger partial charge in [-0.05, 0) is 74.1 Å². The van der Waals surface area contributed by atoms with Crippen LogP contribution in [0.4, 0.5) is 5.69 Å². The van der Waals surface area contributed by atoms with E-state index in [4.69, 9.17) is 0 Å². The van der Waals surface area contributed by atoms with Gasteiger partial charge in [0, 0.05) is 35.7 Å². The van der Waals surface area contributed by atoms with E-state index in [-0.39, 0.29) is 11.9 Å². The summed E-state index contributed by atoms with van der Waals surface area (Å²) in [5, 5.41) is 0. The molecule has 0 saturated carbocycles. The molecule has 5 nitrogen and oxygen atoms in total. The van der Waals surface area contributed by atoms with Gasteiger partial charge in [0.15, 0.2) is 0 Å². The van der Waals surface area contributed by atoms with Gasteiger partial charge in [0.25, 0.3) is 0 Å². The van der Waals surface area contributed by atoms with Gasteiger partial charge in [-0.2, -0.15) is 4.31 Å². The molecule has 1 amide bonds. The number of hydrogen-bond acceptors (Lipinski definition) is 3. The van der Waals surface area contributed by atoms with Crippen molar-refractivity contribution in [2.75, 3.05) is 18.0 Å². The maximum atomic E-state index is 12.9. The summed E-state index contributed by atoms with van der Waals surface area (Å²) in [5.41, 5.74) is 3.16. The molecule has 0 radical (unpaired) electrons. The third-order valence-corrected chi connectivity index (χ3v) is 8.19. The minimum atomic E-state index is -3.39. The molecular formula is C22H25BrN2O3S. The van der Waals surface area contributed by atoms with Crippen LogP contribution < -0.4 is 4.90 Å². The second-order valence-electron chi connectivity index (χ2n) is 7.85. The van der Waals surface area contributed by atoms with Crippen molar-refractivity contribution >= 4 is 37.5 Å². The van der Waals surface area contributed by atoms with Crippen molar-refractivity contribution in [1.29, 1.82) is 0 Å². The van der Waals surface area contributed by atoms with E-state index < -0.39 is 10.0 Å². The molecule has 1 atom stereocenters. The first-order valence-electron chi connectivity index (χ1n) is 10.1. The fourth-order valence-electron chi connectivity index (χ4n) is 4.26. The molecule has 7 heteroatoms. The standard InChI is InChI=1S/C22H25BrN2O3S/c1-16-14-18-15-19(23)7-10-21(18)25(16)22(26)11-6-17-4-8-20(9-5-17)29(27,28)24-12-2-3-13-24/h4-5,7-10,15-16H,2-3,6,11-14H2,1H3/t16-/m0/s1. The van der Waals surface area contributed by atoms with Gasteiger partial charge >= 0.3 is 0 Å². The molecule has 2 aromatic carbocycles. The Labute approximate surface area is 180 Å². The van der Waals surface area contributed by atoms with Gasteiger partial charge in [-0.25, -0.2) is 8.42 Å². The van der Waals surface area contributed by atoms with Crippen molar-refractivity contribution in [3.05, 3.63) is 58.1 Å². The maximum absolute atomic E-state index is 12.9. The average molecular weight is 477 g/mol. The number of sulfonamides is 1. The first-order valence-corrected chi connectivity index (χ1v) is 12.3. The van der Waals surface area contributed by atoms with E-state index in [0.29, 0.717) is 30.8 Å². The van der Waals surface area contributed by atoms with Gasteiger partial charge in [0.2, 0.25) is 15.9 Å². The van der Waals surface area contributed by atoms with Crippen LogP contribution in [0.25, 0.3) is 0 Å². The number of aryl methyl sites for hydroxylation is 1. The highest BCUT2D eigenvalue weighted by atomic mass is 79.9. The number of anilines is 1. The Kier molecular flexibility index (Phi) is 5.82. The Morgan fingerprint density at radius 2 is 1.79 bits per heavy atom. The summed E-state index contributed by atoms with van der Waals surface area (Å²) in [7, 11) is -3.39. The summed E-state index contributed by atoms with van der Waals surface area (Å²) < 4.78 is 27.8. The highest BCUT2D eigenvalue weighted by Gasteiger charge is 2.31. The quantitative estimate of drug-likeness (QED) is 0.651. The minimum absolute atomic E-state index is 0.104. The number of rotatable bonds is 5. The molecule has 4 rings (SSSR count). The van der Waals surface area contributed by atoms with Crippen LogP contribution in [0.5, 0.6) is 0 Å². The van der Waals surface area contributed by atoms with Crippen molar-refractivity contribution in [2.45, 2.75) is 50.0 Å². The lowest BCUT2D eigenvalue weighted by Gasteiger charge is -2.23. The Morgan fingerprint density at radius 1 is 1.10 bits per heavy atom. The lowest BCUT2D eigenvalue weighted by Crippen LogP contribution is -2.35. The summed E-state index contributed by atoms with van der Waals surface area (Å²) in [6.07, 6.45) is 3.71. The number of halogens is 1. The molecule has 1 fully saturated rings. The normalized spacial score (nSPS) is 19.5. The predicted molar refractivity (Wildman–Crippen MR) is 118 cm³/mol. The Balaban J connectivity index is 1.41. The highest BCUT2D eigenvalue weighted by molar-refractivity contribution is 9.10. The van der Waals surface area contributed by atoms with E-state index >= 15 is 0 Å². The zero-order valence-electron chi connectivity index (χ0n) is 16.5. The van der Waals surface area contributed by atoms with Crippen LogP contribution >= 0.6 is 15.9 Å². The monoisotopic (exact) mass is 476 g/mol. The van der Waals surface area contributed by atoms with Gasteiger partial charge in [0.1, 0.15) is 0 Å². The lowest BCUT2D eigenvalue weighted by atomic mass is 10.1. The molecule has 0 aromatic heterocycles. The molecule has 0 aliphatic carbocycles. The SMILES string of the molecule is C[C@H]1Cc2cc(Br)ccc2N1C(=O)CCc1ccc(S(=O)(=O)N2CCCC2)cc1. The van der Waals surface area contributed by atoms with Crippen LogP contribution in [0, 0.1) is 0 Å². The Bertz CT molecular complexity index is 1010. The second kappa shape index (κ2) is 8.20. The fourth-order valence-corrected chi connectivity index (χ4v) is 6.18. The van der Waals surface area contributed by atoms with Crippen LogP contribution in [0.2, 0.25) is 0 Å². The minimum Gasteiger partial charge on any atom is -0.309 e. The first kappa shape index (κ1) is 20.6. The summed E-state index contributed by atoms with van der Waals surface area (Å²) in [5.74, 6) is 0.104. The average Bonchev–Trinajstić information content (AvgIpc) is 3.34. The van der Waals surface area contributed by atoms with E-state index in [9.17, 15) is 13.2 Å². The van der Waals surface area contributed by atoms with Gasteiger partial charge in [-0.3, -0.25) is 4.79 Å². The van der Waals surface area contributed by atoms with Gasteiger partial charge in [-0.15, -0.1) is 0 Å². The number of benzene rings is 2. The van der Waals surface area contributed by atoms with Gasteiger partial charge in [0.05, 0.1) is 4.90 Å². The number of fused-ring (bicyclic) bond motifs is 1. The van der Waals surface area contributed by atoms with Crippen LogP contribution in [0.1, 0.15) is 37.3 Å². The van der Waals surface area contributed by atoms with Gasteiger partial charge < -0.3 is 4.90 Å². The molecule has 2 aromatic rings. The molecule has 0 spiro atoms. The summed E-state index contributed by atoms with van der Waals surface area (Å²) in [6.45, 7) is 3.28. The Hall–Kier alpha value is -1.70. The zero-order valence-corrected chi connectivity index (χ0v) is 18.9. The molecule has 29 heavy (non-hydrogen) atoms. The number of carbonyl (C=O) groups excluding carboxylic acids is 1. The molecule has 2 aliphatic rings. The van der Waals surface area contributed by atoms with E-state index in [1.807, 2.05) is 29.2 Å². The number of hydrogen-bond donors (Lipinski definition) is 0. The molecular weight excluding hydrogens is 452 g/mol. The molecule has 154 valence electrons. The Morgan fingerprint density at radius 3 is 2.48 bits per heavy atom. The zero-order chi connectivity index (χ0) is 20.6. The third-order valence-electron chi connectivity index (χ3n) is 5.78. The van der Waals surface area contributed by atoms with Crippen molar-refractivity contribution in [2.24, 2.45) is 0 Å². The fraction of sp³-hybridized carbons (Fsp3) is 0.409. The molecule has 2 heterocycles. The smallest absolute Gasteiger partial charge is 0.243 e. The predicted octanol–water partition coefficient (Wildman–Crippen LogP) is 4.14. The van der Waals surface area contributed by atoms with Crippen molar-refractivity contribution < 1.29 is 13.2 Å². The molecule has 2 aliphatic heterocycles. The van der Waals surface area contributed by atoms with Crippen molar-refractivity contribution in [3.63, 3.8) is 0 Å². The van der Waals surface area contributed by atoms with E-state index in [1.165, 1.54) is 5.56 Å². The van der Waals surface area contributed by atoms with Crippen molar-refractivity contribution in [1.82, 2.24) is 4.31 Å². The molecule has 0 bridgehead atoms. The molecule has 1 saturated heterocycles. The van der Waals surface area contributed by atoms with E-state index in [0.717, 1.165) is 35.0 Å². The number of amides is 1. The summed E-state index contributed by atoms with van der Waals surface area (Å²) >= 11 is 3.49. The van der Waals surface area contributed by atoms with Crippen LogP contribution in [0.3, 0.4) is 0 Å². The largest absolute Gasteiger partial charge is 0.309 e.